The van der Waals surface area contributed by atoms with E-state index in [2.05, 4.69) is 36.5 Å². The monoisotopic (exact) mass is 261 g/mol. The summed E-state index contributed by atoms with van der Waals surface area (Å²) in [5, 5.41) is 3.23. The number of nitrogens with one attached hydrogen (secondary N) is 1. The number of hydrogen-bond acceptors (Lipinski definition) is 3. The van der Waals surface area contributed by atoms with Crippen LogP contribution in [-0.2, 0) is 22.6 Å². The van der Waals surface area contributed by atoms with Crippen LogP contribution in [0, 0.1) is 5.92 Å². The predicted molar refractivity (Wildman–Crippen MR) is 75.8 cm³/mol. The Balaban J connectivity index is 1.79. The van der Waals surface area contributed by atoms with Crippen LogP contribution in [-0.4, -0.2) is 19.1 Å². The summed E-state index contributed by atoms with van der Waals surface area (Å²) in [4.78, 5) is 11.9. The van der Waals surface area contributed by atoms with Crippen LogP contribution in [0.2, 0.25) is 0 Å². The molecular weight excluding hydrogens is 238 g/mol. The number of esters is 1. The summed E-state index contributed by atoms with van der Waals surface area (Å²) in [7, 11) is 0. The Hall–Kier alpha value is -1.35. The third-order valence-corrected chi connectivity index (χ3v) is 3.57. The largest absolute Gasteiger partial charge is 0.461 e. The molecule has 1 heterocycles. The zero-order valence-corrected chi connectivity index (χ0v) is 11.7. The second-order valence-electron chi connectivity index (χ2n) is 5.22. The van der Waals surface area contributed by atoms with Crippen LogP contribution in [0.5, 0.6) is 0 Å². The molecule has 3 heteroatoms. The molecule has 0 aliphatic carbocycles. The molecular formula is C16H23NO2. The van der Waals surface area contributed by atoms with Crippen LogP contribution in [0.25, 0.3) is 0 Å². The smallest absolute Gasteiger partial charge is 0.310 e. The number of carbonyl (C=O) groups is 1. The first-order valence-electron chi connectivity index (χ1n) is 7.24. The molecule has 3 nitrogen and oxygen atoms in total. The van der Waals surface area contributed by atoms with E-state index >= 15 is 0 Å². The number of ether oxygens (including phenoxy) is 1. The number of rotatable bonds is 5. The fraction of sp³-hybridized carbons (Fsp3) is 0.562. The van der Waals surface area contributed by atoms with E-state index in [0.717, 1.165) is 44.3 Å². The molecule has 1 atom stereocenters. The highest BCUT2D eigenvalue weighted by molar-refractivity contribution is 5.72. The van der Waals surface area contributed by atoms with E-state index in [4.69, 9.17) is 4.74 Å². The van der Waals surface area contributed by atoms with Crippen molar-refractivity contribution in [2.24, 2.45) is 5.92 Å². The van der Waals surface area contributed by atoms with Crippen molar-refractivity contribution in [3.8, 4) is 0 Å². The lowest BCUT2D eigenvalue weighted by molar-refractivity contribution is -0.150. The number of carbonyl (C=O) groups excluding carboxylic acids is 1. The second-order valence-corrected chi connectivity index (χ2v) is 5.22. The molecule has 1 aliphatic rings. The molecule has 104 valence electrons. The van der Waals surface area contributed by atoms with Gasteiger partial charge in [0, 0.05) is 6.54 Å². The van der Waals surface area contributed by atoms with Crippen molar-refractivity contribution in [2.75, 3.05) is 13.1 Å². The average molecular weight is 261 g/mol. The van der Waals surface area contributed by atoms with Gasteiger partial charge in [-0.2, -0.15) is 0 Å². The van der Waals surface area contributed by atoms with E-state index in [-0.39, 0.29) is 11.9 Å². The minimum atomic E-state index is -0.0650. The Morgan fingerprint density at radius 2 is 2.05 bits per heavy atom. The minimum absolute atomic E-state index is 0.0353. The molecule has 1 N–H and O–H groups in total. The van der Waals surface area contributed by atoms with E-state index in [0.29, 0.717) is 6.61 Å². The molecule has 1 aromatic carbocycles. The summed E-state index contributed by atoms with van der Waals surface area (Å²) < 4.78 is 5.39. The first-order chi connectivity index (χ1) is 9.29. The normalized spacial score (nSPS) is 19.1. The fourth-order valence-corrected chi connectivity index (χ4v) is 2.42. The zero-order valence-electron chi connectivity index (χ0n) is 11.7. The third kappa shape index (κ3) is 4.35. The number of piperidine rings is 1. The highest BCUT2D eigenvalue weighted by Crippen LogP contribution is 2.13. The van der Waals surface area contributed by atoms with Gasteiger partial charge in [0.05, 0.1) is 5.92 Å². The molecule has 1 aromatic rings. The topological polar surface area (TPSA) is 38.3 Å². The highest BCUT2D eigenvalue weighted by Gasteiger charge is 2.22. The highest BCUT2D eigenvalue weighted by atomic mass is 16.5. The number of hydrogen-bond donors (Lipinski definition) is 1. The SMILES string of the molecule is CCCc1ccc(COC(=O)C2CCCNC2)cc1. The van der Waals surface area contributed by atoms with Crippen molar-refractivity contribution >= 4 is 5.97 Å². The lowest BCUT2D eigenvalue weighted by atomic mass is 10.0. The molecule has 0 spiro atoms. The molecule has 2 rings (SSSR count). The first kappa shape index (κ1) is 14.1. The maximum absolute atomic E-state index is 11.9. The third-order valence-electron chi connectivity index (χ3n) is 3.57. The molecule has 1 unspecified atom stereocenters. The Labute approximate surface area is 115 Å². The molecule has 1 aliphatic heterocycles. The van der Waals surface area contributed by atoms with E-state index < -0.39 is 0 Å². The van der Waals surface area contributed by atoms with E-state index in [1.165, 1.54) is 5.56 Å². The van der Waals surface area contributed by atoms with Gasteiger partial charge in [-0.3, -0.25) is 4.79 Å². The molecule has 0 radical (unpaired) electrons. The Morgan fingerprint density at radius 3 is 2.68 bits per heavy atom. The Kier molecular flexibility index (Phi) is 5.40. The van der Waals surface area contributed by atoms with Gasteiger partial charge in [-0.1, -0.05) is 37.6 Å². The first-order valence-corrected chi connectivity index (χ1v) is 7.24. The molecule has 1 saturated heterocycles. The van der Waals surface area contributed by atoms with Crippen LogP contribution in [0.3, 0.4) is 0 Å². The standard InChI is InChI=1S/C16H23NO2/c1-2-4-13-6-8-14(9-7-13)12-19-16(18)15-5-3-10-17-11-15/h6-9,15,17H,2-5,10-12H2,1H3. The van der Waals surface area contributed by atoms with Crippen LogP contribution < -0.4 is 5.32 Å². The van der Waals surface area contributed by atoms with Gasteiger partial charge in [-0.25, -0.2) is 0 Å². The molecule has 0 amide bonds. The van der Waals surface area contributed by atoms with Gasteiger partial charge in [0.1, 0.15) is 6.61 Å². The van der Waals surface area contributed by atoms with Crippen molar-refractivity contribution in [1.29, 1.82) is 0 Å². The fourth-order valence-electron chi connectivity index (χ4n) is 2.42. The molecule has 0 bridgehead atoms. The van der Waals surface area contributed by atoms with Crippen molar-refractivity contribution in [3.63, 3.8) is 0 Å². The lowest BCUT2D eigenvalue weighted by Crippen LogP contribution is -2.35. The van der Waals surface area contributed by atoms with Gasteiger partial charge in [-0.05, 0) is 36.9 Å². The van der Waals surface area contributed by atoms with E-state index in [9.17, 15) is 4.79 Å². The van der Waals surface area contributed by atoms with Gasteiger partial charge in [0.15, 0.2) is 0 Å². The van der Waals surface area contributed by atoms with Crippen molar-refractivity contribution in [1.82, 2.24) is 5.32 Å². The summed E-state index contributed by atoms with van der Waals surface area (Å²) in [5.74, 6) is -0.0297. The van der Waals surface area contributed by atoms with Gasteiger partial charge < -0.3 is 10.1 Å². The predicted octanol–water partition coefficient (Wildman–Crippen LogP) is 2.68. The number of benzene rings is 1. The summed E-state index contributed by atoms with van der Waals surface area (Å²) in [5.41, 5.74) is 2.41. The zero-order chi connectivity index (χ0) is 13.5. The van der Waals surface area contributed by atoms with Gasteiger partial charge in [0.2, 0.25) is 0 Å². The summed E-state index contributed by atoms with van der Waals surface area (Å²) in [6.45, 7) is 4.34. The van der Waals surface area contributed by atoms with Crippen molar-refractivity contribution < 1.29 is 9.53 Å². The average Bonchev–Trinajstić information content (AvgIpc) is 2.47. The van der Waals surface area contributed by atoms with Gasteiger partial charge in [-0.15, -0.1) is 0 Å². The Bertz CT molecular complexity index is 394. The van der Waals surface area contributed by atoms with E-state index in [1.807, 2.05) is 0 Å². The van der Waals surface area contributed by atoms with Crippen LogP contribution in [0.1, 0.15) is 37.3 Å². The molecule has 19 heavy (non-hydrogen) atoms. The maximum Gasteiger partial charge on any atom is 0.310 e. The van der Waals surface area contributed by atoms with Crippen LogP contribution in [0.15, 0.2) is 24.3 Å². The van der Waals surface area contributed by atoms with Gasteiger partial charge in [0.25, 0.3) is 0 Å². The lowest BCUT2D eigenvalue weighted by Gasteiger charge is -2.21. The molecule has 0 saturated carbocycles. The molecule has 1 fully saturated rings. The quantitative estimate of drug-likeness (QED) is 0.828. The second kappa shape index (κ2) is 7.29. The van der Waals surface area contributed by atoms with Crippen molar-refractivity contribution in [2.45, 2.75) is 39.2 Å². The molecule has 0 aromatic heterocycles. The van der Waals surface area contributed by atoms with Crippen LogP contribution in [0.4, 0.5) is 0 Å². The summed E-state index contributed by atoms with van der Waals surface area (Å²) in [6, 6.07) is 8.35. The Morgan fingerprint density at radius 1 is 1.32 bits per heavy atom. The van der Waals surface area contributed by atoms with Crippen molar-refractivity contribution in [3.05, 3.63) is 35.4 Å². The van der Waals surface area contributed by atoms with Crippen LogP contribution >= 0.6 is 0 Å². The van der Waals surface area contributed by atoms with E-state index in [1.54, 1.807) is 0 Å². The summed E-state index contributed by atoms with van der Waals surface area (Å²) in [6.07, 6.45) is 4.27. The van der Waals surface area contributed by atoms with Gasteiger partial charge >= 0.3 is 5.97 Å². The number of aryl methyl sites for hydroxylation is 1. The minimum Gasteiger partial charge on any atom is -0.461 e. The maximum atomic E-state index is 11.9. The summed E-state index contributed by atoms with van der Waals surface area (Å²) >= 11 is 0.